The van der Waals surface area contributed by atoms with Gasteiger partial charge in [0.1, 0.15) is 11.7 Å². The van der Waals surface area contributed by atoms with Crippen LogP contribution in [0.2, 0.25) is 0 Å². The fourth-order valence-electron chi connectivity index (χ4n) is 4.29. The van der Waals surface area contributed by atoms with E-state index in [1.807, 2.05) is 55.3 Å². The number of aromatic amines is 1. The van der Waals surface area contributed by atoms with Gasteiger partial charge in [0.05, 0.1) is 0 Å². The van der Waals surface area contributed by atoms with Crippen LogP contribution in [0.15, 0.2) is 54.9 Å². The first kappa shape index (κ1) is 22.7. The van der Waals surface area contributed by atoms with Gasteiger partial charge < -0.3 is 9.80 Å². The van der Waals surface area contributed by atoms with E-state index in [1.54, 1.807) is 17.2 Å². The lowest BCUT2D eigenvalue weighted by Crippen LogP contribution is -2.59. The Labute approximate surface area is 194 Å². The van der Waals surface area contributed by atoms with Crippen molar-refractivity contribution < 1.29 is 9.59 Å². The molecule has 7 heteroatoms. The molecule has 172 valence electrons. The van der Waals surface area contributed by atoms with Gasteiger partial charge in [0.2, 0.25) is 5.91 Å². The summed E-state index contributed by atoms with van der Waals surface area (Å²) in [5, 5.41) is 7.20. The smallest absolute Gasteiger partial charge is 0.275 e. The maximum atomic E-state index is 13.4. The first-order valence-corrected chi connectivity index (χ1v) is 11.6. The number of carbonyl (C=O) groups is 2. The topological polar surface area (TPSA) is 82.2 Å². The SMILES string of the molecule is CCCN1CCN(C(=O)c2cc(C(C)C)[nH]n2)[C@H](Cc2cccc(-c3cccnc3)c2)C1=O. The van der Waals surface area contributed by atoms with E-state index in [-0.39, 0.29) is 17.7 Å². The summed E-state index contributed by atoms with van der Waals surface area (Å²) in [5.74, 6) is 0.0482. The monoisotopic (exact) mass is 445 g/mol. The largest absolute Gasteiger partial charge is 0.339 e. The zero-order chi connectivity index (χ0) is 23.4. The van der Waals surface area contributed by atoms with Crippen LogP contribution < -0.4 is 0 Å². The van der Waals surface area contributed by atoms with Crippen molar-refractivity contribution in [2.24, 2.45) is 0 Å². The van der Waals surface area contributed by atoms with Crippen molar-refractivity contribution in [3.8, 4) is 11.1 Å². The average molecular weight is 446 g/mol. The standard InChI is InChI=1S/C26H31N5O2/c1-4-11-30-12-13-31(25(32)23-16-22(18(2)3)28-29-23)24(26(30)33)15-19-7-5-8-20(14-19)21-9-6-10-27-17-21/h5-10,14,16-18,24H,4,11-13,15H2,1-3H3,(H,28,29)/t24-/m1/s1. The summed E-state index contributed by atoms with van der Waals surface area (Å²) in [4.78, 5) is 34.6. The second kappa shape index (κ2) is 9.98. The third-order valence-corrected chi connectivity index (χ3v) is 6.13. The van der Waals surface area contributed by atoms with E-state index < -0.39 is 6.04 Å². The number of aromatic nitrogens is 3. The number of nitrogens with one attached hydrogen (secondary N) is 1. The van der Waals surface area contributed by atoms with E-state index in [0.29, 0.717) is 31.7 Å². The number of rotatable bonds is 7. The molecule has 1 aromatic carbocycles. The number of pyridine rings is 1. The Morgan fingerprint density at radius 2 is 1.97 bits per heavy atom. The molecule has 2 amide bonds. The number of piperazine rings is 1. The van der Waals surface area contributed by atoms with Crippen molar-refractivity contribution in [1.82, 2.24) is 25.0 Å². The van der Waals surface area contributed by atoms with Crippen LogP contribution in [0.3, 0.4) is 0 Å². The molecule has 33 heavy (non-hydrogen) atoms. The van der Waals surface area contributed by atoms with Crippen molar-refractivity contribution >= 4 is 11.8 Å². The van der Waals surface area contributed by atoms with Gasteiger partial charge in [-0.25, -0.2) is 0 Å². The molecule has 7 nitrogen and oxygen atoms in total. The van der Waals surface area contributed by atoms with E-state index >= 15 is 0 Å². The summed E-state index contributed by atoms with van der Waals surface area (Å²) in [6.07, 6.45) is 4.92. The third-order valence-electron chi connectivity index (χ3n) is 6.13. The Balaban J connectivity index is 1.62. The molecule has 1 saturated heterocycles. The predicted octanol–water partition coefficient (Wildman–Crippen LogP) is 3.90. The fourth-order valence-corrected chi connectivity index (χ4v) is 4.29. The zero-order valence-electron chi connectivity index (χ0n) is 19.5. The lowest BCUT2D eigenvalue weighted by molar-refractivity contribution is -0.140. The van der Waals surface area contributed by atoms with Crippen LogP contribution in [-0.2, 0) is 11.2 Å². The minimum absolute atomic E-state index is 0.00264. The number of amides is 2. The number of H-pyrrole nitrogens is 1. The number of hydrogen-bond acceptors (Lipinski definition) is 4. The van der Waals surface area contributed by atoms with Crippen molar-refractivity contribution in [3.63, 3.8) is 0 Å². The van der Waals surface area contributed by atoms with E-state index in [0.717, 1.165) is 28.8 Å². The van der Waals surface area contributed by atoms with Crippen molar-refractivity contribution in [3.05, 3.63) is 71.8 Å². The highest BCUT2D eigenvalue weighted by Gasteiger charge is 2.38. The van der Waals surface area contributed by atoms with Crippen molar-refractivity contribution in [2.75, 3.05) is 19.6 Å². The Hall–Kier alpha value is -3.48. The van der Waals surface area contributed by atoms with Crippen LogP contribution in [0.4, 0.5) is 0 Å². The molecule has 0 unspecified atom stereocenters. The highest BCUT2D eigenvalue weighted by molar-refractivity contribution is 5.97. The Morgan fingerprint density at radius 3 is 2.67 bits per heavy atom. The van der Waals surface area contributed by atoms with E-state index in [2.05, 4.69) is 28.2 Å². The molecule has 2 aromatic heterocycles. The van der Waals surface area contributed by atoms with E-state index in [9.17, 15) is 9.59 Å². The van der Waals surface area contributed by atoms with Crippen molar-refractivity contribution in [2.45, 2.75) is 45.6 Å². The van der Waals surface area contributed by atoms with Crippen LogP contribution in [-0.4, -0.2) is 62.5 Å². The molecule has 3 aromatic rings. The van der Waals surface area contributed by atoms with Gasteiger partial charge in [-0.2, -0.15) is 5.10 Å². The van der Waals surface area contributed by atoms with Crippen LogP contribution in [0, 0.1) is 0 Å². The first-order chi connectivity index (χ1) is 16.0. The van der Waals surface area contributed by atoms with Gasteiger partial charge in [0.25, 0.3) is 5.91 Å². The number of carbonyl (C=O) groups excluding carboxylic acids is 2. The van der Waals surface area contributed by atoms with Crippen LogP contribution in [0.25, 0.3) is 11.1 Å². The van der Waals surface area contributed by atoms with Gasteiger partial charge in [-0.15, -0.1) is 0 Å². The van der Waals surface area contributed by atoms with Gasteiger partial charge >= 0.3 is 0 Å². The molecule has 1 aliphatic heterocycles. The molecule has 3 heterocycles. The molecule has 0 spiro atoms. The molecule has 0 aliphatic carbocycles. The summed E-state index contributed by atoms with van der Waals surface area (Å²) >= 11 is 0. The summed E-state index contributed by atoms with van der Waals surface area (Å²) in [7, 11) is 0. The van der Waals surface area contributed by atoms with E-state index in [4.69, 9.17) is 0 Å². The summed E-state index contributed by atoms with van der Waals surface area (Å²) in [6, 6.07) is 13.3. The first-order valence-electron chi connectivity index (χ1n) is 11.6. The molecule has 0 saturated carbocycles. The number of hydrogen-bond donors (Lipinski definition) is 1. The normalized spacial score (nSPS) is 16.5. The summed E-state index contributed by atoms with van der Waals surface area (Å²) in [6.45, 7) is 7.91. The predicted molar refractivity (Wildman–Crippen MR) is 128 cm³/mol. The Kier molecular flexibility index (Phi) is 6.87. The van der Waals surface area contributed by atoms with Gasteiger partial charge in [-0.1, -0.05) is 51.1 Å². The molecule has 0 bridgehead atoms. The maximum absolute atomic E-state index is 13.4. The van der Waals surface area contributed by atoms with Gasteiger partial charge in [-0.3, -0.25) is 19.7 Å². The molecule has 4 rings (SSSR count). The third kappa shape index (κ3) is 4.97. The highest BCUT2D eigenvalue weighted by Crippen LogP contribution is 2.24. The molecular weight excluding hydrogens is 414 g/mol. The zero-order valence-corrected chi connectivity index (χ0v) is 19.5. The Morgan fingerprint density at radius 1 is 1.15 bits per heavy atom. The highest BCUT2D eigenvalue weighted by atomic mass is 16.2. The molecule has 0 radical (unpaired) electrons. The summed E-state index contributed by atoms with van der Waals surface area (Å²) < 4.78 is 0. The van der Waals surface area contributed by atoms with Crippen LogP contribution >= 0.6 is 0 Å². The minimum Gasteiger partial charge on any atom is -0.339 e. The number of benzene rings is 1. The van der Waals surface area contributed by atoms with Gasteiger partial charge in [-0.05, 0) is 41.2 Å². The quantitative estimate of drug-likeness (QED) is 0.598. The van der Waals surface area contributed by atoms with Gasteiger partial charge in [0, 0.05) is 44.1 Å². The molecule has 1 N–H and O–H groups in total. The maximum Gasteiger partial charge on any atom is 0.275 e. The van der Waals surface area contributed by atoms with E-state index in [1.165, 1.54) is 0 Å². The second-order valence-electron chi connectivity index (χ2n) is 8.85. The Bertz CT molecular complexity index is 1110. The lowest BCUT2D eigenvalue weighted by Gasteiger charge is -2.40. The van der Waals surface area contributed by atoms with Crippen LogP contribution in [0.1, 0.15) is 54.9 Å². The van der Waals surface area contributed by atoms with Crippen molar-refractivity contribution in [1.29, 1.82) is 0 Å². The minimum atomic E-state index is -0.554. The molecular formula is C26H31N5O2. The lowest BCUT2D eigenvalue weighted by atomic mass is 9.97. The molecule has 1 aliphatic rings. The molecule has 1 fully saturated rings. The summed E-state index contributed by atoms with van der Waals surface area (Å²) in [5.41, 5.74) is 4.35. The average Bonchev–Trinajstić information content (AvgIpc) is 3.33. The van der Waals surface area contributed by atoms with Crippen LogP contribution in [0.5, 0.6) is 0 Å². The fraction of sp³-hybridized carbons (Fsp3) is 0.385. The number of nitrogens with zero attached hydrogens (tertiary/aromatic N) is 4. The van der Waals surface area contributed by atoms with Gasteiger partial charge in [0.15, 0.2) is 0 Å². The molecule has 1 atom stereocenters. The second-order valence-corrected chi connectivity index (χ2v) is 8.85.